The van der Waals surface area contributed by atoms with Crippen molar-refractivity contribution in [2.24, 2.45) is 10.7 Å². The number of non-ortho nitro benzene ring substituents is 1. The number of nitro benzene ring substituents is 1. The maximum atomic E-state index is 10.6. The van der Waals surface area contributed by atoms with Crippen LogP contribution in [-0.4, -0.2) is 17.4 Å². The number of aryl methyl sites for hydroxylation is 2. The standard InChI is InChI=1S/C19H24N4O2.HI/c1-2-15-7-5-8-17(14-15)22-19(20)21-13-4-3-6-16-9-11-18(12-10-16)23(24)25;/h5,7-12,14H,2-4,6,13H2,1H3,(H3,20,21,22);1H. The van der Waals surface area contributed by atoms with Gasteiger partial charge in [-0.25, -0.2) is 0 Å². The summed E-state index contributed by atoms with van der Waals surface area (Å²) in [4.78, 5) is 14.6. The Morgan fingerprint density at radius 1 is 1.15 bits per heavy atom. The molecule has 0 aliphatic rings. The lowest BCUT2D eigenvalue weighted by Crippen LogP contribution is -2.22. The fourth-order valence-corrected chi connectivity index (χ4v) is 2.48. The van der Waals surface area contributed by atoms with E-state index in [-0.39, 0.29) is 34.6 Å². The van der Waals surface area contributed by atoms with Gasteiger partial charge in [-0.05, 0) is 48.9 Å². The number of benzene rings is 2. The first-order valence-corrected chi connectivity index (χ1v) is 8.47. The topological polar surface area (TPSA) is 93.5 Å². The third kappa shape index (κ3) is 7.38. The van der Waals surface area contributed by atoms with Crippen molar-refractivity contribution in [3.8, 4) is 0 Å². The van der Waals surface area contributed by atoms with Crippen LogP contribution < -0.4 is 11.1 Å². The molecule has 2 aromatic rings. The third-order valence-electron chi connectivity index (χ3n) is 3.91. The molecule has 0 unspecified atom stereocenters. The molecule has 2 aromatic carbocycles. The minimum Gasteiger partial charge on any atom is -0.370 e. The van der Waals surface area contributed by atoms with E-state index >= 15 is 0 Å². The quantitative estimate of drug-likeness (QED) is 0.149. The second-order valence-corrected chi connectivity index (χ2v) is 5.83. The zero-order chi connectivity index (χ0) is 18.1. The predicted octanol–water partition coefficient (Wildman–Crippen LogP) is 4.52. The van der Waals surface area contributed by atoms with Gasteiger partial charge in [-0.2, -0.15) is 0 Å². The number of guanidine groups is 1. The number of unbranched alkanes of at least 4 members (excludes halogenated alkanes) is 1. The molecule has 0 aromatic heterocycles. The van der Waals surface area contributed by atoms with E-state index in [2.05, 4.69) is 29.4 Å². The van der Waals surface area contributed by atoms with Crippen LogP contribution in [0, 0.1) is 10.1 Å². The minimum atomic E-state index is -0.384. The maximum absolute atomic E-state index is 10.6. The molecule has 0 aliphatic heterocycles. The van der Waals surface area contributed by atoms with E-state index in [9.17, 15) is 10.1 Å². The molecule has 0 saturated carbocycles. The summed E-state index contributed by atoms with van der Waals surface area (Å²) >= 11 is 0. The summed E-state index contributed by atoms with van der Waals surface area (Å²) in [6.07, 6.45) is 3.73. The number of halogens is 1. The molecule has 0 fully saturated rings. The fourth-order valence-electron chi connectivity index (χ4n) is 2.48. The number of hydrogen-bond acceptors (Lipinski definition) is 3. The smallest absolute Gasteiger partial charge is 0.269 e. The third-order valence-corrected chi connectivity index (χ3v) is 3.91. The first kappa shape index (κ1) is 21.9. The summed E-state index contributed by atoms with van der Waals surface area (Å²) in [5.41, 5.74) is 9.33. The van der Waals surface area contributed by atoms with E-state index in [1.807, 2.05) is 12.1 Å². The molecule has 6 nitrogen and oxygen atoms in total. The number of rotatable bonds is 8. The Bertz CT molecular complexity index is 733. The van der Waals surface area contributed by atoms with Crippen molar-refractivity contribution in [3.05, 3.63) is 69.8 Å². The van der Waals surface area contributed by atoms with Crippen LogP contribution in [0.4, 0.5) is 11.4 Å². The average molecular weight is 468 g/mol. The van der Waals surface area contributed by atoms with Crippen LogP contribution in [-0.2, 0) is 12.8 Å². The Hall–Kier alpha value is -2.16. The van der Waals surface area contributed by atoms with Crippen molar-refractivity contribution in [2.75, 3.05) is 11.9 Å². The fraction of sp³-hybridized carbons (Fsp3) is 0.316. The minimum absolute atomic E-state index is 0. The number of nitro groups is 1. The van der Waals surface area contributed by atoms with Crippen LogP contribution >= 0.6 is 24.0 Å². The molecular formula is C19H25IN4O2. The molecule has 0 aliphatic carbocycles. The van der Waals surface area contributed by atoms with E-state index in [0.717, 1.165) is 36.9 Å². The Morgan fingerprint density at radius 2 is 1.88 bits per heavy atom. The molecule has 0 bridgehead atoms. The summed E-state index contributed by atoms with van der Waals surface area (Å²) in [6, 6.07) is 14.8. The van der Waals surface area contributed by atoms with Gasteiger partial charge in [-0.1, -0.05) is 31.2 Å². The van der Waals surface area contributed by atoms with Gasteiger partial charge in [0.2, 0.25) is 0 Å². The molecule has 2 rings (SSSR count). The number of nitrogens with one attached hydrogen (secondary N) is 1. The second kappa shape index (κ2) is 11.5. The second-order valence-electron chi connectivity index (χ2n) is 5.83. The first-order chi connectivity index (χ1) is 12.1. The molecule has 140 valence electrons. The van der Waals surface area contributed by atoms with Crippen molar-refractivity contribution in [3.63, 3.8) is 0 Å². The van der Waals surface area contributed by atoms with Crippen LogP contribution in [0.1, 0.15) is 30.9 Å². The van der Waals surface area contributed by atoms with Gasteiger partial charge in [0.05, 0.1) is 4.92 Å². The molecule has 0 radical (unpaired) electrons. The van der Waals surface area contributed by atoms with Gasteiger partial charge in [0.25, 0.3) is 5.69 Å². The van der Waals surface area contributed by atoms with Crippen LogP contribution in [0.2, 0.25) is 0 Å². The highest BCUT2D eigenvalue weighted by atomic mass is 127. The van der Waals surface area contributed by atoms with Gasteiger partial charge >= 0.3 is 0 Å². The lowest BCUT2D eigenvalue weighted by molar-refractivity contribution is -0.384. The normalized spacial score (nSPS) is 10.9. The van der Waals surface area contributed by atoms with E-state index in [1.165, 1.54) is 5.56 Å². The van der Waals surface area contributed by atoms with E-state index in [1.54, 1.807) is 24.3 Å². The van der Waals surface area contributed by atoms with E-state index in [4.69, 9.17) is 5.73 Å². The zero-order valence-electron chi connectivity index (χ0n) is 14.9. The van der Waals surface area contributed by atoms with Crippen molar-refractivity contribution in [1.82, 2.24) is 0 Å². The summed E-state index contributed by atoms with van der Waals surface area (Å²) in [7, 11) is 0. The van der Waals surface area contributed by atoms with Gasteiger partial charge in [0.1, 0.15) is 0 Å². The number of aliphatic imine (C=N–C) groups is 1. The van der Waals surface area contributed by atoms with Crippen LogP contribution in [0.5, 0.6) is 0 Å². The molecule has 0 atom stereocenters. The Morgan fingerprint density at radius 3 is 2.54 bits per heavy atom. The highest BCUT2D eigenvalue weighted by molar-refractivity contribution is 14.0. The molecule has 3 N–H and O–H groups in total. The molecule has 0 amide bonds. The number of anilines is 1. The van der Waals surface area contributed by atoms with Crippen LogP contribution in [0.3, 0.4) is 0 Å². The summed E-state index contributed by atoms with van der Waals surface area (Å²) in [6.45, 7) is 2.76. The number of hydrogen-bond donors (Lipinski definition) is 2. The Labute approximate surface area is 171 Å². The van der Waals surface area contributed by atoms with Gasteiger partial charge < -0.3 is 11.1 Å². The van der Waals surface area contributed by atoms with Gasteiger partial charge in [-0.3, -0.25) is 15.1 Å². The molecule has 0 spiro atoms. The Kier molecular flexibility index (Phi) is 9.64. The van der Waals surface area contributed by atoms with E-state index < -0.39 is 0 Å². The van der Waals surface area contributed by atoms with Crippen LogP contribution in [0.25, 0.3) is 0 Å². The molecule has 26 heavy (non-hydrogen) atoms. The van der Waals surface area contributed by atoms with Gasteiger partial charge in [-0.15, -0.1) is 24.0 Å². The molecule has 7 heteroatoms. The van der Waals surface area contributed by atoms with Gasteiger partial charge in [0.15, 0.2) is 5.96 Å². The first-order valence-electron chi connectivity index (χ1n) is 8.47. The van der Waals surface area contributed by atoms with Crippen molar-refractivity contribution < 1.29 is 4.92 Å². The monoisotopic (exact) mass is 468 g/mol. The maximum Gasteiger partial charge on any atom is 0.269 e. The zero-order valence-corrected chi connectivity index (χ0v) is 17.2. The lowest BCUT2D eigenvalue weighted by Gasteiger charge is -2.07. The summed E-state index contributed by atoms with van der Waals surface area (Å²) in [5.74, 6) is 0.420. The highest BCUT2D eigenvalue weighted by Crippen LogP contribution is 2.14. The number of nitrogens with two attached hydrogens (primary N) is 1. The van der Waals surface area contributed by atoms with Crippen molar-refractivity contribution in [2.45, 2.75) is 32.6 Å². The molecular weight excluding hydrogens is 443 g/mol. The largest absolute Gasteiger partial charge is 0.370 e. The lowest BCUT2D eigenvalue weighted by atomic mass is 10.1. The predicted molar refractivity (Wildman–Crippen MR) is 117 cm³/mol. The highest BCUT2D eigenvalue weighted by Gasteiger charge is 2.03. The van der Waals surface area contributed by atoms with Crippen molar-refractivity contribution in [1.29, 1.82) is 0 Å². The molecule has 0 saturated heterocycles. The van der Waals surface area contributed by atoms with E-state index in [0.29, 0.717) is 12.5 Å². The Balaban J connectivity index is 0.00000338. The van der Waals surface area contributed by atoms with Crippen LogP contribution in [0.15, 0.2) is 53.5 Å². The SMILES string of the molecule is CCc1cccc(NC(N)=NCCCCc2ccc([N+](=O)[O-])cc2)c1.I. The average Bonchev–Trinajstić information content (AvgIpc) is 2.62. The number of nitrogens with zero attached hydrogens (tertiary/aromatic N) is 2. The molecule has 0 heterocycles. The summed E-state index contributed by atoms with van der Waals surface area (Å²) in [5, 5.41) is 13.7. The van der Waals surface area contributed by atoms with Crippen molar-refractivity contribution >= 4 is 41.3 Å². The summed E-state index contributed by atoms with van der Waals surface area (Å²) < 4.78 is 0. The van der Waals surface area contributed by atoms with Gasteiger partial charge in [0, 0.05) is 24.4 Å².